The second-order valence-electron chi connectivity index (χ2n) is 4.61. The van der Waals surface area contributed by atoms with Gasteiger partial charge in [-0.25, -0.2) is 0 Å². The molecule has 0 atom stereocenters. The zero-order chi connectivity index (χ0) is 16.2. The van der Waals surface area contributed by atoms with Crippen molar-refractivity contribution in [2.45, 2.75) is 0 Å². The highest BCUT2D eigenvalue weighted by atomic mass is 79.9. The highest BCUT2D eigenvalue weighted by Gasteiger charge is 2.14. The van der Waals surface area contributed by atoms with Gasteiger partial charge in [-0.3, -0.25) is 4.79 Å². The maximum atomic E-state index is 12.5. The first-order chi connectivity index (χ1) is 11.2. The summed E-state index contributed by atoms with van der Waals surface area (Å²) < 4.78 is 5.96. The Morgan fingerprint density at radius 1 is 1.26 bits per heavy atom. The average Bonchev–Trinajstić information content (AvgIpc) is 3.09. The molecular formula is C15H12BrN5O2. The van der Waals surface area contributed by atoms with Gasteiger partial charge >= 0.3 is 0 Å². The molecular weight excluding hydrogens is 362 g/mol. The van der Waals surface area contributed by atoms with E-state index in [2.05, 4.69) is 41.9 Å². The van der Waals surface area contributed by atoms with Gasteiger partial charge in [0.25, 0.3) is 5.91 Å². The number of tetrazole rings is 1. The molecule has 0 aliphatic heterocycles. The molecule has 1 aromatic heterocycles. The number of nitrogens with zero attached hydrogens (tertiary/aromatic N) is 3. The van der Waals surface area contributed by atoms with E-state index in [4.69, 9.17) is 4.74 Å². The summed E-state index contributed by atoms with van der Waals surface area (Å²) in [5.74, 6) is 0.760. The van der Waals surface area contributed by atoms with Gasteiger partial charge in [-0.1, -0.05) is 22.0 Å². The summed E-state index contributed by atoms with van der Waals surface area (Å²) in [6, 6.07) is 12.3. The van der Waals surface area contributed by atoms with Crippen molar-refractivity contribution in [3.8, 4) is 17.1 Å². The van der Waals surface area contributed by atoms with Crippen molar-refractivity contribution in [2.75, 3.05) is 12.4 Å². The molecule has 7 nitrogen and oxygen atoms in total. The Balaban J connectivity index is 1.93. The van der Waals surface area contributed by atoms with E-state index in [-0.39, 0.29) is 5.91 Å². The number of carbonyl (C=O) groups is 1. The first-order valence-electron chi connectivity index (χ1n) is 6.66. The lowest BCUT2D eigenvalue weighted by Gasteiger charge is -2.10. The number of rotatable bonds is 4. The van der Waals surface area contributed by atoms with Gasteiger partial charge in [0.05, 0.1) is 12.8 Å². The van der Waals surface area contributed by atoms with Gasteiger partial charge in [-0.05, 0) is 41.6 Å². The number of anilines is 1. The highest BCUT2D eigenvalue weighted by molar-refractivity contribution is 9.10. The summed E-state index contributed by atoms with van der Waals surface area (Å²) in [4.78, 5) is 12.5. The fourth-order valence-electron chi connectivity index (χ4n) is 2.05. The summed E-state index contributed by atoms with van der Waals surface area (Å²) >= 11 is 3.39. The number of aromatic amines is 1. The van der Waals surface area contributed by atoms with E-state index in [1.165, 1.54) is 0 Å². The molecule has 2 aromatic carbocycles. The Morgan fingerprint density at radius 2 is 2.13 bits per heavy atom. The summed E-state index contributed by atoms with van der Waals surface area (Å²) in [5, 5.41) is 16.7. The fourth-order valence-corrected chi connectivity index (χ4v) is 2.41. The van der Waals surface area contributed by atoms with Crippen LogP contribution in [0.5, 0.6) is 5.75 Å². The number of methoxy groups -OCH3 is 1. The lowest BCUT2D eigenvalue weighted by atomic mass is 10.1. The molecule has 8 heteroatoms. The molecule has 0 fully saturated rings. The minimum absolute atomic E-state index is 0.258. The molecule has 0 unspecified atom stereocenters. The van der Waals surface area contributed by atoms with E-state index in [1.807, 2.05) is 6.07 Å². The van der Waals surface area contributed by atoms with Gasteiger partial charge in [0.15, 0.2) is 0 Å². The predicted octanol–water partition coefficient (Wildman–Crippen LogP) is 2.89. The van der Waals surface area contributed by atoms with Crippen molar-refractivity contribution < 1.29 is 9.53 Å². The second-order valence-corrected chi connectivity index (χ2v) is 5.53. The third kappa shape index (κ3) is 3.37. The number of amides is 1. The molecule has 0 aliphatic carbocycles. The number of hydrogen-bond acceptors (Lipinski definition) is 5. The number of ether oxygens (including phenoxy) is 1. The molecule has 3 aromatic rings. The van der Waals surface area contributed by atoms with Crippen LogP contribution in [0.4, 0.5) is 5.69 Å². The number of H-pyrrole nitrogens is 1. The van der Waals surface area contributed by atoms with Crippen LogP contribution in [0.3, 0.4) is 0 Å². The Morgan fingerprint density at radius 3 is 2.87 bits per heavy atom. The molecule has 116 valence electrons. The van der Waals surface area contributed by atoms with E-state index >= 15 is 0 Å². The number of halogens is 1. The van der Waals surface area contributed by atoms with E-state index in [0.29, 0.717) is 28.4 Å². The van der Waals surface area contributed by atoms with Crippen LogP contribution in [0, 0.1) is 0 Å². The molecule has 0 saturated carbocycles. The van der Waals surface area contributed by atoms with E-state index < -0.39 is 0 Å². The van der Waals surface area contributed by atoms with Crippen molar-refractivity contribution in [1.82, 2.24) is 20.6 Å². The van der Waals surface area contributed by atoms with Crippen LogP contribution in [0.15, 0.2) is 46.9 Å². The zero-order valence-corrected chi connectivity index (χ0v) is 13.7. The molecule has 0 radical (unpaired) electrons. The molecule has 0 aliphatic rings. The third-order valence-corrected chi connectivity index (χ3v) is 3.64. The standard InChI is InChI=1S/C15H12BrN5O2/c1-23-11-4-2-3-9(7-11)15(22)17-13-8-10(16)5-6-12(13)14-18-20-21-19-14/h2-8H,1H3,(H,17,22)(H,18,19,20,21). The summed E-state index contributed by atoms with van der Waals surface area (Å²) in [5.41, 5.74) is 1.73. The maximum Gasteiger partial charge on any atom is 0.255 e. The number of nitrogens with one attached hydrogen (secondary N) is 2. The SMILES string of the molecule is COc1cccc(C(=O)Nc2cc(Br)ccc2-c2nn[nH]n2)c1. The van der Waals surface area contributed by atoms with Crippen LogP contribution in [-0.4, -0.2) is 33.6 Å². The monoisotopic (exact) mass is 373 g/mol. The number of benzene rings is 2. The van der Waals surface area contributed by atoms with Crippen molar-refractivity contribution in [3.63, 3.8) is 0 Å². The predicted molar refractivity (Wildman–Crippen MR) is 88.3 cm³/mol. The normalized spacial score (nSPS) is 10.3. The van der Waals surface area contributed by atoms with Gasteiger partial charge in [0.1, 0.15) is 5.75 Å². The van der Waals surface area contributed by atoms with Crippen LogP contribution in [0.2, 0.25) is 0 Å². The van der Waals surface area contributed by atoms with Crippen molar-refractivity contribution >= 4 is 27.5 Å². The lowest BCUT2D eigenvalue weighted by molar-refractivity contribution is 0.102. The lowest BCUT2D eigenvalue weighted by Crippen LogP contribution is -2.13. The van der Waals surface area contributed by atoms with Gasteiger partial charge in [0, 0.05) is 15.6 Å². The quantitative estimate of drug-likeness (QED) is 0.733. The number of aromatic nitrogens is 4. The molecule has 1 heterocycles. The minimum Gasteiger partial charge on any atom is -0.497 e. The van der Waals surface area contributed by atoms with Crippen LogP contribution in [0.1, 0.15) is 10.4 Å². The molecule has 0 saturated heterocycles. The third-order valence-electron chi connectivity index (χ3n) is 3.15. The average molecular weight is 374 g/mol. The zero-order valence-electron chi connectivity index (χ0n) is 12.1. The Hall–Kier alpha value is -2.74. The van der Waals surface area contributed by atoms with Crippen molar-refractivity contribution in [3.05, 3.63) is 52.5 Å². The smallest absolute Gasteiger partial charge is 0.255 e. The molecule has 3 rings (SSSR count). The summed E-state index contributed by atoms with van der Waals surface area (Å²) in [6.45, 7) is 0. The van der Waals surface area contributed by atoms with Gasteiger partial charge in [0.2, 0.25) is 5.82 Å². The first kappa shape index (κ1) is 15.2. The molecule has 1 amide bonds. The van der Waals surface area contributed by atoms with Crippen LogP contribution >= 0.6 is 15.9 Å². The number of hydrogen-bond donors (Lipinski definition) is 2. The molecule has 0 bridgehead atoms. The summed E-state index contributed by atoms with van der Waals surface area (Å²) in [6.07, 6.45) is 0. The van der Waals surface area contributed by atoms with Gasteiger partial charge in [-0.15, -0.1) is 10.2 Å². The van der Waals surface area contributed by atoms with E-state index in [1.54, 1.807) is 43.5 Å². The molecule has 23 heavy (non-hydrogen) atoms. The van der Waals surface area contributed by atoms with Gasteiger partial charge < -0.3 is 10.1 Å². The first-order valence-corrected chi connectivity index (χ1v) is 7.45. The fraction of sp³-hybridized carbons (Fsp3) is 0.0667. The minimum atomic E-state index is -0.258. The Bertz CT molecular complexity index is 836. The topological polar surface area (TPSA) is 92.8 Å². The van der Waals surface area contributed by atoms with Gasteiger partial charge in [-0.2, -0.15) is 5.21 Å². The molecule has 2 N–H and O–H groups in total. The Kier molecular flexibility index (Phi) is 4.33. The van der Waals surface area contributed by atoms with Crippen LogP contribution in [0.25, 0.3) is 11.4 Å². The Labute approximate surface area is 140 Å². The largest absolute Gasteiger partial charge is 0.497 e. The highest BCUT2D eigenvalue weighted by Crippen LogP contribution is 2.28. The second kappa shape index (κ2) is 6.57. The van der Waals surface area contributed by atoms with Crippen LogP contribution < -0.4 is 10.1 Å². The van der Waals surface area contributed by atoms with Crippen molar-refractivity contribution in [2.24, 2.45) is 0 Å². The number of carbonyl (C=O) groups excluding carboxylic acids is 1. The van der Waals surface area contributed by atoms with E-state index in [9.17, 15) is 4.79 Å². The van der Waals surface area contributed by atoms with Crippen LogP contribution in [-0.2, 0) is 0 Å². The summed E-state index contributed by atoms with van der Waals surface area (Å²) in [7, 11) is 1.56. The maximum absolute atomic E-state index is 12.5. The van der Waals surface area contributed by atoms with E-state index in [0.717, 1.165) is 4.47 Å². The molecule has 0 spiro atoms. The van der Waals surface area contributed by atoms with Crippen molar-refractivity contribution in [1.29, 1.82) is 0 Å².